The number of hydrogen-bond donors (Lipinski definition) is 0. The molecule has 0 aromatic carbocycles. The van der Waals surface area contributed by atoms with E-state index in [1.165, 1.54) is 8.99 Å². The summed E-state index contributed by atoms with van der Waals surface area (Å²) in [6.45, 7) is 4.47. The average molecular weight is 461 g/mol. The van der Waals surface area contributed by atoms with Gasteiger partial charge in [-0.25, -0.2) is 16.8 Å². The van der Waals surface area contributed by atoms with Gasteiger partial charge in [-0.05, 0) is 33.1 Å². The fourth-order valence-corrected chi connectivity index (χ4v) is 7.88. The van der Waals surface area contributed by atoms with Crippen LogP contribution in [0.25, 0.3) is 0 Å². The standard InChI is InChI=1S/C18H28N4O6S2/c1-13-18(30(26,27)20-6-8-28-9-7-20)14(2)21(19-13)11-17(23)22(15-3-4-15)16-5-10-29(24,25)12-16/h15-16H,3-12H2,1-2H3/t16-/m0/s1. The Morgan fingerprint density at radius 3 is 2.40 bits per heavy atom. The monoisotopic (exact) mass is 460 g/mol. The van der Waals surface area contributed by atoms with Crippen LogP contribution < -0.4 is 0 Å². The molecule has 0 unspecified atom stereocenters. The highest BCUT2D eigenvalue weighted by Crippen LogP contribution is 2.33. The third kappa shape index (κ3) is 4.14. The molecule has 2 aliphatic heterocycles. The number of aryl methyl sites for hydroxylation is 1. The fraction of sp³-hybridized carbons (Fsp3) is 0.778. The lowest BCUT2D eigenvalue weighted by Gasteiger charge is -2.28. The molecule has 12 heteroatoms. The number of sulfone groups is 1. The lowest BCUT2D eigenvalue weighted by Crippen LogP contribution is -2.44. The van der Waals surface area contributed by atoms with Crippen molar-refractivity contribution in [3.63, 3.8) is 0 Å². The highest BCUT2D eigenvalue weighted by Gasteiger charge is 2.42. The van der Waals surface area contributed by atoms with E-state index in [0.717, 1.165) is 12.8 Å². The molecule has 2 saturated heterocycles. The summed E-state index contributed by atoms with van der Waals surface area (Å²) in [6.07, 6.45) is 2.20. The Morgan fingerprint density at radius 1 is 1.17 bits per heavy atom. The van der Waals surface area contributed by atoms with Crippen LogP contribution in [0.2, 0.25) is 0 Å². The number of sulfonamides is 1. The predicted octanol–water partition coefficient (Wildman–Crippen LogP) is -0.301. The number of aromatic nitrogens is 2. The molecule has 0 radical (unpaired) electrons. The van der Waals surface area contributed by atoms with Gasteiger partial charge >= 0.3 is 0 Å². The van der Waals surface area contributed by atoms with Crippen molar-refractivity contribution < 1.29 is 26.4 Å². The zero-order valence-electron chi connectivity index (χ0n) is 17.3. The van der Waals surface area contributed by atoms with E-state index < -0.39 is 19.9 Å². The quantitative estimate of drug-likeness (QED) is 0.572. The van der Waals surface area contributed by atoms with Crippen LogP contribution in [0, 0.1) is 13.8 Å². The van der Waals surface area contributed by atoms with Crippen LogP contribution in [0.1, 0.15) is 30.7 Å². The number of hydrogen-bond acceptors (Lipinski definition) is 7. The largest absolute Gasteiger partial charge is 0.379 e. The molecule has 4 rings (SSSR count). The van der Waals surface area contributed by atoms with Gasteiger partial charge in [0, 0.05) is 25.2 Å². The first-order valence-corrected chi connectivity index (χ1v) is 13.5. The molecular weight excluding hydrogens is 432 g/mol. The second kappa shape index (κ2) is 7.88. The highest BCUT2D eigenvalue weighted by atomic mass is 32.2. The summed E-state index contributed by atoms with van der Waals surface area (Å²) in [6, 6.07) is -0.229. The SMILES string of the molecule is Cc1nn(CC(=O)N(C2CC2)[C@H]2CCS(=O)(=O)C2)c(C)c1S(=O)(=O)N1CCOCC1. The van der Waals surface area contributed by atoms with Gasteiger partial charge in [-0.15, -0.1) is 0 Å². The second-order valence-electron chi connectivity index (χ2n) is 8.26. The molecule has 168 valence electrons. The number of rotatable bonds is 6. The van der Waals surface area contributed by atoms with E-state index >= 15 is 0 Å². The molecule has 0 spiro atoms. The summed E-state index contributed by atoms with van der Waals surface area (Å²) < 4.78 is 58.1. The summed E-state index contributed by atoms with van der Waals surface area (Å²) in [5.41, 5.74) is 0.773. The van der Waals surface area contributed by atoms with Crippen LogP contribution in [-0.2, 0) is 35.9 Å². The molecule has 30 heavy (non-hydrogen) atoms. The number of morpholine rings is 1. The molecule has 10 nitrogen and oxygen atoms in total. The summed E-state index contributed by atoms with van der Waals surface area (Å²) >= 11 is 0. The van der Waals surface area contributed by atoms with Crippen LogP contribution >= 0.6 is 0 Å². The third-order valence-corrected chi connectivity index (χ3v) is 9.90. The minimum atomic E-state index is -3.73. The van der Waals surface area contributed by atoms with Gasteiger partial charge in [-0.2, -0.15) is 9.40 Å². The van der Waals surface area contributed by atoms with Crippen LogP contribution in [0.4, 0.5) is 0 Å². The zero-order chi connectivity index (χ0) is 21.7. The average Bonchev–Trinajstić information content (AvgIpc) is 3.38. The van der Waals surface area contributed by atoms with E-state index in [1.54, 1.807) is 18.7 Å². The van der Waals surface area contributed by atoms with Gasteiger partial charge < -0.3 is 9.64 Å². The summed E-state index contributed by atoms with van der Waals surface area (Å²) in [7, 11) is -6.83. The Labute approximate surface area is 177 Å². The van der Waals surface area contributed by atoms with Crippen LogP contribution in [0.15, 0.2) is 4.90 Å². The Bertz CT molecular complexity index is 1040. The molecule has 0 bridgehead atoms. The van der Waals surface area contributed by atoms with Gasteiger partial charge in [0.05, 0.1) is 36.1 Å². The molecule has 1 atom stereocenters. The van der Waals surface area contributed by atoms with Crippen molar-refractivity contribution in [2.24, 2.45) is 0 Å². The Kier molecular flexibility index (Phi) is 5.71. The summed E-state index contributed by atoms with van der Waals surface area (Å²) in [5.74, 6) is -0.0977. The molecule has 1 saturated carbocycles. The molecule has 3 heterocycles. The lowest BCUT2D eigenvalue weighted by molar-refractivity contribution is -0.134. The minimum Gasteiger partial charge on any atom is -0.379 e. The van der Waals surface area contributed by atoms with Crippen molar-refractivity contribution in [1.29, 1.82) is 0 Å². The van der Waals surface area contributed by atoms with Crippen molar-refractivity contribution >= 4 is 25.8 Å². The first-order valence-electron chi connectivity index (χ1n) is 10.2. The topological polar surface area (TPSA) is 119 Å². The van der Waals surface area contributed by atoms with E-state index in [9.17, 15) is 21.6 Å². The summed E-state index contributed by atoms with van der Waals surface area (Å²) in [5, 5.41) is 4.34. The smallest absolute Gasteiger partial charge is 0.246 e. The molecule has 1 aliphatic carbocycles. The first-order chi connectivity index (χ1) is 14.1. The lowest BCUT2D eigenvalue weighted by atomic mass is 10.2. The van der Waals surface area contributed by atoms with Crippen LogP contribution in [0.5, 0.6) is 0 Å². The van der Waals surface area contributed by atoms with Gasteiger partial charge in [0.2, 0.25) is 15.9 Å². The molecular formula is C18H28N4O6S2. The molecule has 1 aromatic rings. The summed E-state index contributed by atoms with van der Waals surface area (Å²) in [4.78, 5) is 15.0. The normalized spacial score (nSPS) is 24.8. The fourth-order valence-electron chi connectivity index (χ4n) is 4.39. The molecule has 1 amide bonds. The third-order valence-electron chi connectivity index (χ3n) is 6.00. The Morgan fingerprint density at radius 2 is 1.83 bits per heavy atom. The van der Waals surface area contributed by atoms with E-state index in [4.69, 9.17) is 4.74 Å². The van der Waals surface area contributed by atoms with Crippen LogP contribution in [0.3, 0.4) is 0 Å². The van der Waals surface area contributed by atoms with Crippen molar-refractivity contribution in [3.8, 4) is 0 Å². The van der Waals surface area contributed by atoms with Gasteiger partial charge in [0.1, 0.15) is 11.4 Å². The van der Waals surface area contributed by atoms with Gasteiger partial charge in [-0.1, -0.05) is 0 Å². The zero-order valence-corrected chi connectivity index (χ0v) is 18.9. The highest BCUT2D eigenvalue weighted by molar-refractivity contribution is 7.91. The van der Waals surface area contributed by atoms with Gasteiger partial charge in [0.25, 0.3) is 0 Å². The van der Waals surface area contributed by atoms with E-state index in [0.29, 0.717) is 31.0 Å². The number of nitrogens with zero attached hydrogens (tertiary/aromatic N) is 4. The maximum Gasteiger partial charge on any atom is 0.246 e. The van der Waals surface area contributed by atoms with E-state index in [2.05, 4.69) is 5.10 Å². The van der Waals surface area contributed by atoms with E-state index in [1.807, 2.05) is 0 Å². The second-order valence-corrected chi connectivity index (χ2v) is 12.4. The maximum atomic E-state index is 13.1. The maximum absolute atomic E-state index is 13.1. The number of carbonyl (C=O) groups is 1. The first kappa shape index (κ1) is 21.7. The number of amides is 1. The molecule has 1 aromatic heterocycles. The van der Waals surface area contributed by atoms with Gasteiger partial charge in [0.15, 0.2) is 9.84 Å². The minimum absolute atomic E-state index is 0.00299. The van der Waals surface area contributed by atoms with Crippen LogP contribution in [-0.4, -0.2) is 91.6 Å². The van der Waals surface area contributed by atoms with E-state index in [-0.39, 0.29) is 54.0 Å². The molecule has 0 N–H and O–H groups in total. The number of ether oxygens (including phenoxy) is 1. The Balaban J connectivity index is 1.56. The van der Waals surface area contributed by atoms with Crippen molar-refractivity contribution in [1.82, 2.24) is 19.0 Å². The van der Waals surface area contributed by atoms with Crippen molar-refractivity contribution in [2.75, 3.05) is 37.8 Å². The molecule has 3 aliphatic rings. The van der Waals surface area contributed by atoms with Crippen molar-refractivity contribution in [3.05, 3.63) is 11.4 Å². The van der Waals surface area contributed by atoms with Gasteiger partial charge in [-0.3, -0.25) is 9.48 Å². The predicted molar refractivity (Wildman–Crippen MR) is 108 cm³/mol. The molecule has 3 fully saturated rings. The number of carbonyl (C=O) groups excluding carboxylic acids is 1. The van der Waals surface area contributed by atoms with Crippen molar-refractivity contribution in [2.45, 2.75) is 56.6 Å². The Hall–Kier alpha value is -1.50.